The summed E-state index contributed by atoms with van der Waals surface area (Å²) in [5.41, 5.74) is 0.582. The number of carboxylic acid groups (broad SMARTS) is 1. The van der Waals surface area contributed by atoms with Crippen LogP contribution in [0, 0.1) is 5.92 Å². The van der Waals surface area contributed by atoms with Gasteiger partial charge in [-0.05, 0) is 23.6 Å². The number of nitrogens with one attached hydrogen (secondary N) is 2. The lowest BCUT2D eigenvalue weighted by Gasteiger charge is -2.24. The third-order valence-corrected chi connectivity index (χ3v) is 5.66. The zero-order chi connectivity index (χ0) is 27.5. The van der Waals surface area contributed by atoms with Gasteiger partial charge in [-0.1, -0.05) is 73.4 Å². The molecule has 0 aromatic heterocycles. The van der Waals surface area contributed by atoms with Gasteiger partial charge in [0, 0.05) is 0 Å². The van der Waals surface area contributed by atoms with Gasteiger partial charge in [0.05, 0.1) is 22.0 Å². The van der Waals surface area contributed by atoms with E-state index in [0.29, 0.717) is 0 Å². The van der Waals surface area contributed by atoms with E-state index >= 15 is 0 Å². The van der Waals surface area contributed by atoms with Crippen molar-refractivity contribution >= 4 is 52.9 Å². The molecular formula is C25H26Cl2N2O8. The Labute approximate surface area is 223 Å². The molecule has 37 heavy (non-hydrogen) atoms. The van der Waals surface area contributed by atoms with Crippen molar-refractivity contribution in [3.8, 4) is 0 Å². The molecule has 0 spiro atoms. The number of esters is 1. The first-order chi connectivity index (χ1) is 17.5. The van der Waals surface area contributed by atoms with E-state index in [1.54, 1.807) is 38.1 Å². The summed E-state index contributed by atoms with van der Waals surface area (Å²) < 4.78 is 10.1. The highest BCUT2D eigenvalue weighted by molar-refractivity contribution is 6.39. The number of carbonyl (C=O) groups excluding carboxylic acids is 4. The Hall–Kier alpha value is -3.63. The Morgan fingerprint density at radius 2 is 1.51 bits per heavy atom. The van der Waals surface area contributed by atoms with Gasteiger partial charge in [0.15, 0.2) is 12.4 Å². The van der Waals surface area contributed by atoms with E-state index in [1.807, 2.05) is 6.07 Å². The molecule has 0 aliphatic carbocycles. The number of hydrogen-bond donors (Lipinski definition) is 3. The number of ketones is 1. The van der Waals surface area contributed by atoms with Gasteiger partial charge < -0.3 is 25.2 Å². The SMILES string of the molecule is CC(C)[C@H](NC(=O)OCc1ccccc1)C(=O)N[C@@H](CC(=O)O)C(=O)COC(=O)c1c(Cl)cccc1Cl. The van der Waals surface area contributed by atoms with Crippen LogP contribution >= 0.6 is 23.2 Å². The minimum absolute atomic E-state index is 0.00494. The molecule has 0 aliphatic heterocycles. The summed E-state index contributed by atoms with van der Waals surface area (Å²) in [5.74, 6) is -4.51. The third kappa shape index (κ3) is 9.40. The minimum atomic E-state index is -1.54. The fourth-order valence-electron chi connectivity index (χ4n) is 3.11. The lowest BCUT2D eigenvalue weighted by Crippen LogP contribution is -2.54. The van der Waals surface area contributed by atoms with Crippen LogP contribution in [-0.4, -0.2) is 53.5 Å². The number of benzene rings is 2. The summed E-state index contributed by atoms with van der Waals surface area (Å²) in [6.45, 7) is 2.41. The third-order valence-electron chi connectivity index (χ3n) is 5.03. The second-order valence-corrected chi connectivity index (χ2v) is 9.04. The van der Waals surface area contributed by atoms with Crippen LogP contribution in [0.25, 0.3) is 0 Å². The zero-order valence-corrected chi connectivity index (χ0v) is 21.5. The molecule has 0 heterocycles. The van der Waals surface area contributed by atoms with Gasteiger partial charge in [0.1, 0.15) is 18.7 Å². The van der Waals surface area contributed by atoms with Gasteiger partial charge in [0.2, 0.25) is 5.91 Å². The van der Waals surface area contributed by atoms with Crippen molar-refractivity contribution < 1.29 is 38.6 Å². The zero-order valence-electron chi connectivity index (χ0n) is 20.0. The Balaban J connectivity index is 2.02. The largest absolute Gasteiger partial charge is 0.481 e. The summed E-state index contributed by atoms with van der Waals surface area (Å²) in [6.07, 6.45) is -1.65. The molecule has 12 heteroatoms. The molecule has 0 fully saturated rings. The normalized spacial score (nSPS) is 12.2. The second-order valence-electron chi connectivity index (χ2n) is 8.23. The van der Waals surface area contributed by atoms with Gasteiger partial charge in [-0.3, -0.25) is 14.4 Å². The molecule has 2 rings (SSSR count). The first-order valence-electron chi connectivity index (χ1n) is 11.1. The van der Waals surface area contributed by atoms with Gasteiger partial charge in [0.25, 0.3) is 0 Å². The monoisotopic (exact) mass is 552 g/mol. The highest BCUT2D eigenvalue weighted by atomic mass is 35.5. The van der Waals surface area contributed by atoms with Crippen molar-refractivity contribution in [1.82, 2.24) is 10.6 Å². The number of carbonyl (C=O) groups is 5. The predicted molar refractivity (Wildman–Crippen MR) is 134 cm³/mol. The molecule has 0 aliphatic rings. The summed E-state index contributed by atoms with van der Waals surface area (Å²) in [5, 5.41) is 14.0. The molecule has 2 aromatic rings. The Kier molecular flexibility index (Phi) is 11.4. The predicted octanol–water partition coefficient (Wildman–Crippen LogP) is 3.63. The first-order valence-corrected chi connectivity index (χ1v) is 11.9. The summed E-state index contributed by atoms with van der Waals surface area (Å²) >= 11 is 11.9. The van der Waals surface area contributed by atoms with Gasteiger partial charge in [-0.25, -0.2) is 9.59 Å². The van der Waals surface area contributed by atoms with Gasteiger partial charge in [-0.15, -0.1) is 0 Å². The Morgan fingerprint density at radius 3 is 2.08 bits per heavy atom. The molecule has 2 atom stereocenters. The highest BCUT2D eigenvalue weighted by Crippen LogP contribution is 2.25. The maximum atomic E-state index is 12.9. The van der Waals surface area contributed by atoms with Gasteiger partial charge >= 0.3 is 18.0 Å². The number of rotatable bonds is 12. The van der Waals surface area contributed by atoms with E-state index in [4.69, 9.17) is 32.7 Å². The Morgan fingerprint density at radius 1 is 0.892 bits per heavy atom. The van der Waals surface area contributed by atoms with Crippen LogP contribution in [0.4, 0.5) is 4.79 Å². The summed E-state index contributed by atoms with van der Waals surface area (Å²) in [4.78, 5) is 61.4. The second kappa shape index (κ2) is 14.2. The standard InChI is InChI=1S/C25H26Cl2N2O8/c1-14(2)22(29-25(35)37-12-15-7-4-3-5-8-15)23(33)28-18(11-20(31)32)19(30)13-36-24(34)21-16(26)9-6-10-17(21)27/h3-10,14,18,22H,11-13H2,1-2H3,(H,28,33)(H,29,35)(H,31,32)/t18-,22-/m0/s1. The molecular weight excluding hydrogens is 527 g/mol. The number of amides is 2. The number of alkyl carbamates (subject to hydrolysis) is 1. The number of halogens is 2. The molecule has 198 valence electrons. The molecule has 10 nitrogen and oxygen atoms in total. The molecule has 0 saturated carbocycles. The van der Waals surface area contributed by atoms with E-state index in [9.17, 15) is 29.1 Å². The average molecular weight is 553 g/mol. The highest BCUT2D eigenvalue weighted by Gasteiger charge is 2.31. The maximum Gasteiger partial charge on any atom is 0.408 e. The number of hydrogen-bond acceptors (Lipinski definition) is 7. The summed E-state index contributed by atoms with van der Waals surface area (Å²) in [6, 6.07) is 10.5. The van der Waals surface area contributed by atoms with Crippen molar-refractivity contribution in [1.29, 1.82) is 0 Å². The fraction of sp³-hybridized carbons (Fsp3) is 0.320. The van der Waals surface area contributed by atoms with Crippen LogP contribution in [0.3, 0.4) is 0 Å². The topological polar surface area (TPSA) is 148 Å². The summed E-state index contributed by atoms with van der Waals surface area (Å²) in [7, 11) is 0. The quantitative estimate of drug-likeness (QED) is 0.338. The fourth-order valence-corrected chi connectivity index (χ4v) is 3.66. The first kappa shape index (κ1) is 29.6. The van der Waals surface area contributed by atoms with Crippen LogP contribution in [0.2, 0.25) is 10.0 Å². The molecule has 0 bridgehead atoms. The number of aliphatic carboxylic acids is 1. The van der Waals surface area contributed by atoms with Crippen LogP contribution in [0.5, 0.6) is 0 Å². The molecule has 0 unspecified atom stereocenters. The number of ether oxygens (including phenoxy) is 2. The maximum absolute atomic E-state index is 12.9. The van der Waals surface area contributed by atoms with Crippen molar-refractivity contribution in [2.75, 3.05) is 6.61 Å². The van der Waals surface area contributed by atoms with E-state index < -0.39 is 60.8 Å². The Bertz CT molecular complexity index is 1120. The number of carboxylic acids is 1. The number of Topliss-reactive ketones (excluding diaryl/α,β-unsaturated/α-hetero) is 1. The minimum Gasteiger partial charge on any atom is -0.481 e. The molecule has 2 amide bonds. The molecule has 0 saturated heterocycles. The van der Waals surface area contributed by atoms with Gasteiger partial charge in [-0.2, -0.15) is 0 Å². The van der Waals surface area contributed by atoms with E-state index in [-0.39, 0.29) is 22.2 Å². The lowest BCUT2D eigenvalue weighted by atomic mass is 10.0. The molecule has 0 radical (unpaired) electrons. The smallest absolute Gasteiger partial charge is 0.408 e. The average Bonchev–Trinajstić information content (AvgIpc) is 2.84. The van der Waals surface area contributed by atoms with Crippen molar-refractivity contribution in [3.63, 3.8) is 0 Å². The van der Waals surface area contributed by atoms with Crippen LogP contribution in [0.1, 0.15) is 36.2 Å². The van der Waals surface area contributed by atoms with Crippen LogP contribution in [-0.2, 0) is 30.5 Å². The molecule has 3 N–H and O–H groups in total. The van der Waals surface area contributed by atoms with Crippen molar-refractivity contribution in [2.45, 2.75) is 39.0 Å². The van der Waals surface area contributed by atoms with Crippen molar-refractivity contribution in [2.24, 2.45) is 5.92 Å². The van der Waals surface area contributed by atoms with Crippen LogP contribution in [0.15, 0.2) is 48.5 Å². The van der Waals surface area contributed by atoms with E-state index in [2.05, 4.69) is 10.6 Å². The molecule has 2 aromatic carbocycles. The van der Waals surface area contributed by atoms with Crippen LogP contribution < -0.4 is 10.6 Å². The van der Waals surface area contributed by atoms with E-state index in [1.165, 1.54) is 18.2 Å². The van der Waals surface area contributed by atoms with Crippen molar-refractivity contribution in [3.05, 3.63) is 69.7 Å². The van der Waals surface area contributed by atoms with E-state index in [0.717, 1.165) is 5.56 Å². The lowest BCUT2D eigenvalue weighted by molar-refractivity contribution is -0.141.